The van der Waals surface area contributed by atoms with Gasteiger partial charge in [0.2, 0.25) is 11.8 Å². The van der Waals surface area contributed by atoms with Gasteiger partial charge in [-0.15, -0.1) is 0 Å². The van der Waals surface area contributed by atoms with E-state index in [4.69, 9.17) is 5.73 Å². The Hall–Kier alpha value is -1.68. The molecule has 1 aliphatic heterocycles. The fourth-order valence-corrected chi connectivity index (χ4v) is 2.29. The summed E-state index contributed by atoms with van der Waals surface area (Å²) in [5.41, 5.74) is 7.60. The van der Waals surface area contributed by atoms with Crippen molar-refractivity contribution in [2.75, 3.05) is 0 Å². The number of rotatable bonds is 3. The second-order valence-electron chi connectivity index (χ2n) is 4.86. The molecule has 4 nitrogen and oxygen atoms in total. The Balaban J connectivity index is 2.18. The number of imide groups is 1. The molecule has 0 radical (unpaired) electrons. The van der Waals surface area contributed by atoms with Gasteiger partial charge in [-0.25, -0.2) is 0 Å². The van der Waals surface area contributed by atoms with E-state index in [1.54, 1.807) is 0 Å². The van der Waals surface area contributed by atoms with Gasteiger partial charge in [-0.2, -0.15) is 0 Å². The summed E-state index contributed by atoms with van der Waals surface area (Å²) in [6.07, 6.45) is 0.910. The summed E-state index contributed by atoms with van der Waals surface area (Å²) in [7, 11) is 0. The molecule has 0 aromatic heterocycles. The Bertz CT molecular complexity index is 453. The van der Waals surface area contributed by atoms with Gasteiger partial charge in [0.15, 0.2) is 0 Å². The summed E-state index contributed by atoms with van der Waals surface area (Å²) in [5.74, 6) is 0.00199. The van der Waals surface area contributed by atoms with E-state index in [2.05, 4.69) is 0 Å². The van der Waals surface area contributed by atoms with Crippen molar-refractivity contribution in [3.05, 3.63) is 35.4 Å². The van der Waals surface area contributed by atoms with Crippen LogP contribution in [0.4, 0.5) is 0 Å². The van der Waals surface area contributed by atoms with Gasteiger partial charge in [0.25, 0.3) is 0 Å². The molecule has 96 valence electrons. The van der Waals surface area contributed by atoms with E-state index in [1.807, 2.05) is 31.2 Å². The second kappa shape index (κ2) is 5.31. The lowest BCUT2D eigenvalue weighted by atomic mass is 9.97. The van der Waals surface area contributed by atoms with Crippen molar-refractivity contribution < 1.29 is 9.59 Å². The van der Waals surface area contributed by atoms with Crippen molar-refractivity contribution in [1.29, 1.82) is 0 Å². The fourth-order valence-electron chi connectivity index (χ4n) is 2.29. The third-order valence-corrected chi connectivity index (χ3v) is 3.32. The minimum Gasteiger partial charge on any atom is -0.326 e. The maximum atomic E-state index is 11.9. The van der Waals surface area contributed by atoms with E-state index < -0.39 is 0 Å². The van der Waals surface area contributed by atoms with Crippen molar-refractivity contribution in [2.45, 2.75) is 32.9 Å². The zero-order valence-corrected chi connectivity index (χ0v) is 10.6. The molecular formula is C14H18N2O2. The van der Waals surface area contributed by atoms with Crippen LogP contribution in [0.2, 0.25) is 0 Å². The minimum atomic E-state index is -0.0782. The van der Waals surface area contributed by atoms with Gasteiger partial charge < -0.3 is 5.73 Å². The number of nitrogens with zero attached hydrogens (tertiary/aromatic N) is 1. The molecule has 2 amide bonds. The molecule has 1 aromatic rings. The van der Waals surface area contributed by atoms with Gasteiger partial charge in [0, 0.05) is 19.4 Å². The maximum Gasteiger partial charge on any atom is 0.229 e. The minimum absolute atomic E-state index is 0.0782. The average Bonchev–Trinajstić information content (AvgIpc) is 2.34. The van der Waals surface area contributed by atoms with Gasteiger partial charge in [0.05, 0.1) is 6.54 Å². The summed E-state index contributed by atoms with van der Waals surface area (Å²) < 4.78 is 0. The lowest BCUT2D eigenvalue weighted by Crippen LogP contribution is -2.42. The monoisotopic (exact) mass is 246 g/mol. The van der Waals surface area contributed by atoms with Crippen LogP contribution < -0.4 is 5.73 Å². The molecule has 2 rings (SSSR count). The predicted octanol–water partition coefficient (Wildman–Crippen LogP) is 1.43. The molecule has 0 aliphatic carbocycles. The smallest absolute Gasteiger partial charge is 0.229 e. The Morgan fingerprint density at radius 1 is 1.17 bits per heavy atom. The summed E-state index contributed by atoms with van der Waals surface area (Å²) in [6.45, 7) is 2.70. The van der Waals surface area contributed by atoms with Crippen LogP contribution in [0.5, 0.6) is 0 Å². The molecule has 0 spiro atoms. The molecule has 0 atom stereocenters. The molecule has 18 heavy (non-hydrogen) atoms. The lowest BCUT2D eigenvalue weighted by Gasteiger charge is -2.28. The summed E-state index contributed by atoms with van der Waals surface area (Å²) >= 11 is 0. The fraction of sp³-hybridized carbons (Fsp3) is 0.429. The van der Waals surface area contributed by atoms with Crippen molar-refractivity contribution in [1.82, 2.24) is 4.90 Å². The Morgan fingerprint density at radius 3 is 2.28 bits per heavy atom. The van der Waals surface area contributed by atoms with Crippen molar-refractivity contribution in [3.63, 3.8) is 0 Å². The molecule has 1 aromatic carbocycles. The molecule has 0 saturated carbocycles. The molecule has 1 fully saturated rings. The molecule has 0 bridgehead atoms. The van der Waals surface area contributed by atoms with Gasteiger partial charge in [-0.1, -0.05) is 31.2 Å². The normalized spacial score (nSPS) is 17.3. The molecule has 1 heterocycles. The molecule has 1 aliphatic rings. The predicted molar refractivity (Wildman–Crippen MR) is 68.3 cm³/mol. The first kappa shape index (κ1) is 12.8. The van der Waals surface area contributed by atoms with E-state index in [0.29, 0.717) is 25.9 Å². The number of piperidine rings is 1. The average molecular weight is 246 g/mol. The highest BCUT2D eigenvalue weighted by Crippen LogP contribution is 2.21. The highest BCUT2D eigenvalue weighted by atomic mass is 16.2. The van der Waals surface area contributed by atoms with Crippen LogP contribution in [0.15, 0.2) is 24.3 Å². The van der Waals surface area contributed by atoms with Crippen LogP contribution in [0, 0.1) is 5.92 Å². The van der Waals surface area contributed by atoms with Crippen LogP contribution in [-0.4, -0.2) is 16.7 Å². The van der Waals surface area contributed by atoms with Gasteiger partial charge in [-0.3, -0.25) is 14.5 Å². The van der Waals surface area contributed by atoms with E-state index in [0.717, 1.165) is 11.1 Å². The number of likely N-dealkylation sites (tertiary alicyclic amines) is 1. The standard InChI is InChI=1S/C14H18N2O2/c1-10-6-13(17)16(14(18)7-10)9-12-5-3-2-4-11(12)8-15/h2-5,10H,6-9,15H2,1H3. The zero-order chi connectivity index (χ0) is 13.1. The Kier molecular flexibility index (Phi) is 3.77. The summed E-state index contributed by atoms with van der Waals surface area (Å²) in [5, 5.41) is 0. The number of hydrogen-bond acceptors (Lipinski definition) is 3. The van der Waals surface area contributed by atoms with Crippen molar-refractivity contribution in [2.24, 2.45) is 11.7 Å². The van der Waals surface area contributed by atoms with Crippen LogP contribution in [0.3, 0.4) is 0 Å². The summed E-state index contributed by atoms with van der Waals surface area (Å²) in [4.78, 5) is 25.1. The molecule has 0 unspecified atom stereocenters. The Morgan fingerprint density at radius 2 is 1.72 bits per heavy atom. The third-order valence-electron chi connectivity index (χ3n) is 3.32. The van der Waals surface area contributed by atoms with Crippen LogP contribution in [-0.2, 0) is 22.7 Å². The zero-order valence-electron chi connectivity index (χ0n) is 10.6. The van der Waals surface area contributed by atoms with Crippen molar-refractivity contribution in [3.8, 4) is 0 Å². The number of benzene rings is 1. The number of amides is 2. The van der Waals surface area contributed by atoms with E-state index in [-0.39, 0.29) is 17.7 Å². The molecule has 4 heteroatoms. The number of carbonyl (C=O) groups excluding carboxylic acids is 2. The highest BCUT2D eigenvalue weighted by molar-refractivity contribution is 5.97. The van der Waals surface area contributed by atoms with Gasteiger partial charge >= 0.3 is 0 Å². The first-order valence-corrected chi connectivity index (χ1v) is 6.22. The number of hydrogen-bond donors (Lipinski definition) is 1. The first-order chi connectivity index (χ1) is 8.61. The van der Waals surface area contributed by atoms with Crippen LogP contribution >= 0.6 is 0 Å². The van der Waals surface area contributed by atoms with E-state index in [9.17, 15) is 9.59 Å². The molecule has 1 saturated heterocycles. The largest absolute Gasteiger partial charge is 0.326 e. The summed E-state index contributed by atoms with van der Waals surface area (Å²) in [6, 6.07) is 7.65. The van der Waals surface area contributed by atoms with Crippen LogP contribution in [0.1, 0.15) is 30.9 Å². The topological polar surface area (TPSA) is 63.4 Å². The van der Waals surface area contributed by atoms with Crippen molar-refractivity contribution >= 4 is 11.8 Å². The van der Waals surface area contributed by atoms with E-state index >= 15 is 0 Å². The van der Waals surface area contributed by atoms with Gasteiger partial charge in [0.1, 0.15) is 0 Å². The first-order valence-electron chi connectivity index (χ1n) is 6.22. The number of carbonyl (C=O) groups is 2. The number of nitrogens with two attached hydrogens (primary N) is 1. The molecular weight excluding hydrogens is 228 g/mol. The Labute approximate surface area is 107 Å². The second-order valence-corrected chi connectivity index (χ2v) is 4.86. The quantitative estimate of drug-likeness (QED) is 0.821. The van der Waals surface area contributed by atoms with Gasteiger partial charge in [-0.05, 0) is 17.0 Å². The molecule has 2 N–H and O–H groups in total. The van der Waals surface area contributed by atoms with E-state index in [1.165, 1.54) is 4.90 Å². The van der Waals surface area contributed by atoms with Crippen LogP contribution in [0.25, 0.3) is 0 Å². The SMILES string of the molecule is CC1CC(=O)N(Cc2ccccc2CN)C(=O)C1. The highest BCUT2D eigenvalue weighted by Gasteiger charge is 2.30. The lowest BCUT2D eigenvalue weighted by molar-refractivity contribution is -0.150. The third kappa shape index (κ3) is 2.59. The maximum absolute atomic E-state index is 11.9.